The molecule has 1 aliphatic carbocycles. The van der Waals surface area contributed by atoms with Crippen LogP contribution in [0.15, 0.2) is 24.3 Å². The molecule has 0 aliphatic heterocycles. The van der Waals surface area contributed by atoms with Crippen molar-refractivity contribution in [2.75, 3.05) is 5.32 Å². The van der Waals surface area contributed by atoms with Crippen LogP contribution in [0.4, 0.5) is 5.69 Å². The third-order valence-electron chi connectivity index (χ3n) is 4.29. The minimum absolute atomic E-state index is 0.333. The standard InChI is InChI=1S/C16H21N5O3S/c1-10(2)25(23,24)11(3)16(22)17-13-6-4-5-12(9-13)15-18-19-20-21(15)14-7-8-14/h4-6,9-11,14H,7-8H2,1-3H3,(H,17,22). The molecule has 1 aromatic carbocycles. The van der Waals surface area contributed by atoms with Crippen molar-refractivity contribution in [2.24, 2.45) is 0 Å². The van der Waals surface area contributed by atoms with Gasteiger partial charge >= 0.3 is 0 Å². The normalized spacial score (nSPS) is 16.0. The summed E-state index contributed by atoms with van der Waals surface area (Å²) >= 11 is 0. The van der Waals surface area contributed by atoms with E-state index >= 15 is 0 Å². The van der Waals surface area contributed by atoms with Crippen molar-refractivity contribution >= 4 is 21.4 Å². The Kier molecular flexibility index (Phi) is 4.59. The predicted molar refractivity (Wildman–Crippen MR) is 93.7 cm³/mol. The second-order valence-corrected chi connectivity index (χ2v) is 9.36. The Hall–Kier alpha value is -2.29. The van der Waals surface area contributed by atoms with Crippen molar-refractivity contribution in [1.29, 1.82) is 0 Å². The maximum Gasteiger partial charge on any atom is 0.242 e. The van der Waals surface area contributed by atoms with Gasteiger partial charge < -0.3 is 5.32 Å². The Morgan fingerprint density at radius 3 is 2.64 bits per heavy atom. The molecule has 0 radical (unpaired) electrons. The maximum absolute atomic E-state index is 12.3. The third kappa shape index (κ3) is 3.55. The summed E-state index contributed by atoms with van der Waals surface area (Å²) in [5, 5.41) is 12.7. The van der Waals surface area contributed by atoms with Crippen LogP contribution in [0.5, 0.6) is 0 Å². The van der Waals surface area contributed by atoms with Gasteiger partial charge in [0.2, 0.25) is 5.91 Å². The van der Waals surface area contributed by atoms with Crippen LogP contribution >= 0.6 is 0 Å². The number of carbonyl (C=O) groups excluding carboxylic acids is 1. The van der Waals surface area contributed by atoms with E-state index in [2.05, 4.69) is 20.8 Å². The van der Waals surface area contributed by atoms with Crippen LogP contribution in [-0.4, -0.2) is 45.0 Å². The Balaban J connectivity index is 1.80. The molecule has 1 heterocycles. The number of nitrogens with zero attached hydrogens (tertiary/aromatic N) is 4. The molecule has 1 saturated carbocycles. The van der Waals surface area contributed by atoms with Crippen molar-refractivity contribution in [3.05, 3.63) is 24.3 Å². The van der Waals surface area contributed by atoms with Crippen molar-refractivity contribution in [1.82, 2.24) is 20.2 Å². The Morgan fingerprint density at radius 1 is 1.28 bits per heavy atom. The molecule has 1 atom stereocenters. The zero-order chi connectivity index (χ0) is 18.2. The molecule has 25 heavy (non-hydrogen) atoms. The number of carbonyl (C=O) groups is 1. The molecule has 1 unspecified atom stereocenters. The van der Waals surface area contributed by atoms with Gasteiger partial charge in [0, 0.05) is 11.3 Å². The van der Waals surface area contributed by atoms with Crippen LogP contribution in [0.2, 0.25) is 0 Å². The topological polar surface area (TPSA) is 107 Å². The van der Waals surface area contributed by atoms with Crippen molar-refractivity contribution < 1.29 is 13.2 Å². The van der Waals surface area contributed by atoms with Crippen LogP contribution in [0.3, 0.4) is 0 Å². The molecular weight excluding hydrogens is 342 g/mol. The van der Waals surface area contributed by atoms with Crippen molar-refractivity contribution in [3.8, 4) is 11.4 Å². The molecule has 0 spiro atoms. The first-order valence-corrected chi connectivity index (χ1v) is 9.83. The summed E-state index contributed by atoms with van der Waals surface area (Å²) in [6.45, 7) is 4.54. The summed E-state index contributed by atoms with van der Waals surface area (Å²) in [6.07, 6.45) is 2.11. The molecule has 0 saturated heterocycles. The average Bonchev–Trinajstić information content (AvgIpc) is 3.30. The number of benzene rings is 1. The van der Waals surface area contributed by atoms with Gasteiger partial charge in [-0.25, -0.2) is 13.1 Å². The van der Waals surface area contributed by atoms with Gasteiger partial charge in [-0.05, 0) is 56.2 Å². The van der Waals surface area contributed by atoms with Crippen molar-refractivity contribution in [2.45, 2.75) is 50.2 Å². The molecular formula is C16H21N5O3S. The van der Waals surface area contributed by atoms with Gasteiger partial charge in [0.15, 0.2) is 15.7 Å². The summed E-state index contributed by atoms with van der Waals surface area (Å²) in [7, 11) is -3.51. The lowest BCUT2D eigenvalue weighted by atomic mass is 10.2. The highest BCUT2D eigenvalue weighted by molar-refractivity contribution is 7.93. The molecule has 1 aliphatic rings. The molecule has 0 bridgehead atoms. The lowest BCUT2D eigenvalue weighted by molar-refractivity contribution is -0.115. The van der Waals surface area contributed by atoms with E-state index in [-0.39, 0.29) is 0 Å². The van der Waals surface area contributed by atoms with Crippen LogP contribution in [-0.2, 0) is 14.6 Å². The van der Waals surface area contributed by atoms with E-state index in [1.165, 1.54) is 6.92 Å². The van der Waals surface area contributed by atoms with E-state index in [1.54, 1.807) is 36.7 Å². The monoisotopic (exact) mass is 363 g/mol. The molecule has 3 rings (SSSR count). The van der Waals surface area contributed by atoms with Crippen LogP contribution in [0, 0.1) is 0 Å². The summed E-state index contributed by atoms with van der Waals surface area (Å²) in [4.78, 5) is 12.3. The van der Waals surface area contributed by atoms with E-state index in [0.29, 0.717) is 17.6 Å². The summed E-state index contributed by atoms with van der Waals surface area (Å²) in [5.41, 5.74) is 1.28. The molecule has 1 amide bonds. The summed E-state index contributed by atoms with van der Waals surface area (Å²) < 4.78 is 26.1. The maximum atomic E-state index is 12.3. The number of hydrogen-bond acceptors (Lipinski definition) is 6. The molecule has 134 valence electrons. The number of amides is 1. The highest BCUT2D eigenvalue weighted by atomic mass is 32.2. The molecule has 8 nitrogen and oxygen atoms in total. The summed E-state index contributed by atoms with van der Waals surface area (Å²) in [5.74, 6) is 0.0917. The van der Waals surface area contributed by atoms with E-state index in [4.69, 9.17) is 0 Å². The predicted octanol–water partition coefficient (Wildman–Crippen LogP) is 1.83. The number of rotatable bonds is 6. The SMILES string of the molecule is CC(C)S(=O)(=O)C(C)C(=O)Nc1cccc(-c2nnnn2C2CC2)c1. The molecule has 9 heteroatoms. The Morgan fingerprint density at radius 2 is 2.00 bits per heavy atom. The van der Waals surface area contributed by atoms with Crippen LogP contribution in [0.25, 0.3) is 11.4 Å². The quantitative estimate of drug-likeness (QED) is 0.839. The van der Waals surface area contributed by atoms with E-state index in [9.17, 15) is 13.2 Å². The van der Waals surface area contributed by atoms with Gasteiger partial charge in [-0.1, -0.05) is 12.1 Å². The van der Waals surface area contributed by atoms with Gasteiger partial charge in [-0.15, -0.1) is 5.10 Å². The highest BCUT2D eigenvalue weighted by Gasteiger charge is 2.31. The van der Waals surface area contributed by atoms with Crippen molar-refractivity contribution in [3.63, 3.8) is 0 Å². The van der Waals surface area contributed by atoms with Crippen LogP contribution in [0.1, 0.15) is 39.7 Å². The first-order valence-electron chi connectivity index (χ1n) is 8.22. The number of tetrazole rings is 1. The van der Waals surface area contributed by atoms with Gasteiger partial charge in [-0.2, -0.15) is 0 Å². The van der Waals surface area contributed by atoms with Crippen LogP contribution < -0.4 is 5.32 Å². The largest absolute Gasteiger partial charge is 0.325 e. The van der Waals surface area contributed by atoms with Gasteiger partial charge in [0.25, 0.3) is 0 Å². The first kappa shape index (κ1) is 17.5. The van der Waals surface area contributed by atoms with Gasteiger partial charge in [0.05, 0.1) is 11.3 Å². The fraction of sp³-hybridized carbons (Fsp3) is 0.500. The smallest absolute Gasteiger partial charge is 0.242 e. The lowest BCUT2D eigenvalue weighted by Crippen LogP contribution is -2.36. The summed E-state index contributed by atoms with van der Waals surface area (Å²) in [6, 6.07) is 7.42. The molecule has 2 aromatic rings. The molecule has 1 aromatic heterocycles. The minimum atomic E-state index is -3.51. The Bertz CT molecular complexity index is 887. The average molecular weight is 363 g/mol. The number of nitrogens with one attached hydrogen (secondary N) is 1. The number of hydrogen-bond donors (Lipinski definition) is 1. The Labute approximate surface area is 146 Å². The van der Waals surface area contributed by atoms with Gasteiger partial charge in [0.1, 0.15) is 5.25 Å². The second-order valence-electron chi connectivity index (χ2n) is 6.53. The lowest BCUT2D eigenvalue weighted by Gasteiger charge is -2.16. The van der Waals surface area contributed by atoms with E-state index in [1.807, 2.05) is 6.07 Å². The minimum Gasteiger partial charge on any atom is -0.325 e. The zero-order valence-electron chi connectivity index (χ0n) is 14.4. The first-order chi connectivity index (χ1) is 11.8. The molecule has 1 fully saturated rings. The fourth-order valence-electron chi connectivity index (χ4n) is 2.49. The third-order valence-corrected chi connectivity index (χ3v) is 6.81. The van der Waals surface area contributed by atoms with E-state index < -0.39 is 26.2 Å². The number of anilines is 1. The van der Waals surface area contributed by atoms with Gasteiger partial charge in [-0.3, -0.25) is 4.79 Å². The second kappa shape index (κ2) is 6.55. The zero-order valence-corrected chi connectivity index (χ0v) is 15.2. The highest BCUT2D eigenvalue weighted by Crippen LogP contribution is 2.36. The fourth-order valence-corrected chi connectivity index (χ4v) is 3.66. The molecule has 1 N–H and O–H groups in total. The number of aromatic nitrogens is 4. The van der Waals surface area contributed by atoms with E-state index in [0.717, 1.165) is 18.4 Å². The number of sulfone groups is 1.